The summed E-state index contributed by atoms with van der Waals surface area (Å²) in [4.78, 5) is 45.0. The zero-order chi connectivity index (χ0) is 16.7. The molecule has 0 radical (unpaired) electrons. The number of carbonyl (C=O) groups is 4. The third kappa shape index (κ3) is 5.80. The van der Waals surface area contributed by atoms with Gasteiger partial charge in [-0.3, -0.25) is 19.7 Å². The molecule has 0 spiro atoms. The minimum atomic E-state index is -1.22. The number of hydrogen-bond acceptors (Lipinski definition) is 5. The molecule has 0 aliphatic heterocycles. The molecule has 1 atom stereocenters. The van der Waals surface area contributed by atoms with Gasteiger partial charge in [-0.25, -0.2) is 4.79 Å². The number of rotatable bonds is 5. The number of primary amides is 1. The van der Waals surface area contributed by atoms with Crippen molar-refractivity contribution in [3.63, 3.8) is 0 Å². The lowest BCUT2D eigenvalue weighted by Gasteiger charge is -2.12. The molecule has 0 saturated carbocycles. The number of halogens is 1. The van der Waals surface area contributed by atoms with Crippen molar-refractivity contribution >= 4 is 35.4 Å². The van der Waals surface area contributed by atoms with Gasteiger partial charge in [0, 0.05) is 10.6 Å². The molecule has 22 heavy (non-hydrogen) atoms. The van der Waals surface area contributed by atoms with E-state index in [0.717, 1.165) is 0 Å². The van der Waals surface area contributed by atoms with Crippen LogP contribution in [-0.2, 0) is 14.3 Å². The number of hydrogen-bond donors (Lipinski definition) is 3. The molecule has 1 rings (SSSR count). The monoisotopic (exact) mass is 327 g/mol. The smallest absolute Gasteiger partial charge is 0.326 e. The highest BCUT2D eigenvalue weighted by Gasteiger charge is 2.19. The van der Waals surface area contributed by atoms with E-state index in [1.165, 1.54) is 31.2 Å². The summed E-state index contributed by atoms with van der Waals surface area (Å²) in [5.41, 5.74) is 5.07. The van der Waals surface area contributed by atoms with Crippen molar-refractivity contribution in [2.45, 2.75) is 13.0 Å². The van der Waals surface area contributed by atoms with Crippen molar-refractivity contribution in [2.24, 2.45) is 5.73 Å². The first-order valence-corrected chi connectivity index (χ1v) is 6.51. The molecule has 0 fully saturated rings. The van der Waals surface area contributed by atoms with E-state index >= 15 is 0 Å². The third-order valence-corrected chi connectivity index (χ3v) is 2.68. The van der Waals surface area contributed by atoms with E-state index in [1.807, 2.05) is 0 Å². The van der Waals surface area contributed by atoms with Crippen LogP contribution in [0, 0.1) is 0 Å². The van der Waals surface area contributed by atoms with E-state index in [4.69, 9.17) is 22.1 Å². The summed E-state index contributed by atoms with van der Waals surface area (Å²) in [7, 11) is 0. The standard InChI is InChI=1S/C13H14ClN3O5/c1-7(11(19)17-13(15)21)22-10(18)6-16-12(20)8-2-4-9(14)5-3-8/h2-5,7H,6H2,1H3,(H,16,20)(H3,15,17,19,21). The Morgan fingerprint density at radius 3 is 2.36 bits per heavy atom. The Balaban J connectivity index is 2.42. The summed E-state index contributed by atoms with van der Waals surface area (Å²) in [5.74, 6) is -2.19. The van der Waals surface area contributed by atoms with E-state index in [1.54, 1.807) is 5.32 Å². The van der Waals surface area contributed by atoms with Gasteiger partial charge in [0.2, 0.25) is 0 Å². The molecule has 4 amide bonds. The van der Waals surface area contributed by atoms with Gasteiger partial charge < -0.3 is 15.8 Å². The summed E-state index contributed by atoms with van der Waals surface area (Å²) in [6.07, 6.45) is -1.22. The summed E-state index contributed by atoms with van der Waals surface area (Å²) < 4.78 is 4.72. The summed E-state index contributed by atoms with van der Waals surface area (Å²) >= 11 is 5.69. The Morgan fingerprint density at radius 1 is 1.23 bits per heavy atom. The number of nitrogens with two attached hydrogens (primary N) is 1. The van der Waals surface area contributed by atoms with Crippen molar-refractivity contribution < 1.29 is 23.9 Å². The minimum absolute atomic E-state index is 0.316. The highest BCUT2D eigenvalue weighted by molar-refractivity contribution is 6.30. The first kappa shape index (κ1) is 17.4. The van der Waals surface area contributed by atoms with E-state index < -0.39 is 36.5 Å². The maximum absolute atomic E-state index is 11.7. The second kappa shape index (κ2) is 7.99. The van der Waals surface area contributed by atoms with Gasteiger partial charge in [0.1, 0.15) is 6.54 Å². The van der Waals surface area contributed by atoms with Crippen molar-refractivity contribution in [2.75, 3.05) is 6.54 Å². The van der Waals surface area contributed by atoms with Gasteiger partial charge in [0.05, 0.1) is 0 Å². The van der Waals surface area contributed by atoms with Crippen LogP contribution in [0.1, 0.15) is 17.3 Å². The predicted molar refractivity (Wildman–Crippen MR) is 77.1 cm³/mol. The second-order valence-corrected chi connectivity index (χ2v) is 4.61. The molecule has 9 heteroatoms. The van der Waals surface area contributed by atoms with Crippen LogP contribution in [0.5, 0.6) is 0 Å². The number of carbonyl (C=O) groups excluding carboxylic acids is 4. The van der Waals surface area contributed by atoms with Crippen LogP contribution in [0.15, 0.2) is 24.3 Å². The highest BCUT2D eigenvalue weighted by atomic mass is 35.5. The van der Waals surface area contributed by atoms with Crippen LogP contribution in [-0.4, -0.2) is 36.5 Å². The Bertz CT molecular complexity index is 588. The number of ether oxygens (including phenoxy) is 1. The topological polar surface area (TPSA) is 128 Å². The van der Waals surface area contributed by atoms with Crippen LogP contribution in [0.3, 0.4) is 0 Å². The number of urea groups is 1. The number of amides is 4. The summed E-state index contributed by atoms with van der Waals surface area (Å²) in [6, 6.07) is 5.00. The van der Waals surface area contributed by atoms with Crippen molar-refractivity contribution in [1.29, 1.82) is 0 Å². The fourth-order valence-corrected chi connectivity index (χ4v) is 1.50. The molecule has 0 heterocycles. The molecule has 8 nitrogen and oxygen atoms in total. The molecule has 118 valence electrons. The average Bonchev–Trinajstić information content (AvgIpc) is 2.44. The maximum atomic E-state index is 11.7. The van der Waals surface area contributed by atoms with E-state index in [0.29, 0.717) is 10.6 Å². The minimum Gasteiger partial charge on any atom is -0.451 e. The number of benzene rings is 1. The second-order valence-electron chi connectivity index (χ2n) is 4.18. The molecule has 0 bridgehead atoms. The number of esters is 1. The van der Waals surface area contributed by atoms with Gasteiger partial charge in [-0.05, 0) is 31.2 Å². The Morgan fingerprint density at radius 2 is 1.82 bits per heavy atom. The first-order chi connectivity index (χ1) is 10.3. The number of imide groups is 1. The Kier molecular flexibility index (Phi) is 6.33. The first-order valence-electron chi connectivity index (χ1n) is 6.13. The quantitative estimate of drug-likeness (QED) is 0.665. The van der Waals surface area contributed by atoms with Crippen LogP contribution >= 0.6 is 11.6 Å². The molecule has 0 saturated heterocycles. The largest absolute Gasteiger partial charge is 0.451 e. The van der Waals surface area contributed by atoms with Crippen molar-refractivity contribution in [1.82, 2.24) is 10.6 Å². The van der Waals surface area contributed by atoms with Crippen LogP contribution in [0.2, 0.25) is 5.02 Å². The molecule has 0 aliphatic carbocycles. The predicted octanol–water partition coefficient (Wildman–Crippen LogP) is 0.196. The van der Waals surface area contributed by atoms with E-state index in [2.05, 4.69) is 5.32 Å². The lowest BCUT2D eigenvalue weighted by Crippen LogP contribution is -2.43. The van der Waals surface area contributed by atoms with Gasteiger partial charge in [-0.2, -0.15) is 0 Å². The van der Waals surface area contributed by atoms with Crippen molar-refractivity contribution in [3.05, 3.63) is 34.9 Å². The average molecular weight is 328 g/mol. The normalized spacial score (nSPS) is 11.2. The molecule has 0 aliphatic rings. The molecule has 4 N–H and O–H groups in total. The fraction of sp³-hybridized carbons (Fsp3) is 0.231. The number of nitrogens with one attached hydrogen (secondary N) is 2. The highest BCUT2D eigenvalue weighted by Crippen LogP contribution is 2.09. The SMILES string of the molecule is CC(OC(=O)CNC(=O)c1ccc(Cl)cc1)C(=O)NC(N)=O. The molecule has 0 aromatic heterocycles. The lowest BCUT2D eigenvalue weighted by atomic mass is 10.2. The maximum Gasteiger partial charge on any atom is 0.326 e. The van der Waals surface area contributed by atoms with Gasteiger partial charge in [0.15, 0.2) is 6.10 Å². The van der Waals surface area contributed by atoms with Gasteiger partial charge in [-0.15, -0.1) is 0 Å². The molecular weight excluding hydrogens is 314 g/mol. The third-order valence-electron chi connectivity index (χ3n) is 2.42. The van der Waals surface area contributed by atoms with Crippen molar-refractivity contribution in [3.8, 4) is 0 Å². The van der Waals surface area contributed by atoms with Gasteiger partial charge in [-0.1, -0.05) is 11.6 Å². The van der Waals surface area contributed by atoms with Crippen LogP contribution in [0.4, 0.5) is 4.79 Å². The molecule has 1 aromatic carbocycles. The van der Waals surface area contributed by atoms with Gasteiger partial charge >= 0.3 is 12.0 Å². The molecule has 1 aromatic rings. The molecular formula is C13H14ClN3O5. The summed E-state index contributed by atoms with van der Waals surface area (Å²) in [5, 5.41) is 4.57. The van der Waals surface area contributed by atoms with Crippen LogP contribution < -0.4 is 16.4 Å². The van der Waals surface area contributed by atoms with Gasteiger partial charge in [0.25, 0.3) is 11.8 Å². The Hall–Kier alpha value is -2.61. The van der Waals surface area contributed by atoms with E-state index in [9.17, 15) is 19.2 Å². The van der Waals surface area contributed by atoms with Crippen LogP contribution in [0.25, 0.3) is 0 Å². The molecule has 1 unspecified atom stereocenters. The fourth-order valence-electron chi connectivity index (χ4n) is 1.37. The summed E-state index contributed by atoms with van der Waals surface area (Å²) in [6.45, 7) is 0.826. The zero-order valence-corrected chi connectivity index (χ0v) is 12.3. The van der Waals surface area contributed by atoms with E-state index in [-0.39, 0.29) is 0 Å². The Labute approximate surface area is 130 Å². The zero-order valence-electron chi connectivity index (χ0n) is 11.6. The lowest BCUT2D eigenvalue weighted by molar-refractivity contribution is -0.153.